The summed E-state index contributed by atoms with van der Waals surface area (Å²) in [5, 5.41) is 9.86. The van der Waals surface area contributed by atoms with Gasteiger partial charge in [-0.3, -0.25) is 4.79 Å². The second-order valence-corrected chi connectivity index (χ2v) is 9.23. The summed E-state index contributed by atoms with van der Waals surface area (Å²) < 4.78 is 5.25. The van der Waals surface area contributed by atoms with Crippen LogP contribution in [0.1, 0.15) is 55.2 Å². The third kappa shape index (κ3) is 2.90. The highest BCUT2D eigenvalue weighted by Gasteiger charge is 2.56. The molecule has 3 heteroatoms. The van der Waals surface area contributed by atoms with Crippen molar-refractivity contribution in [2.24, 2.45) is 17.3 Å². The van der Waals surface area contributed by atoms with Crippen LogP contribution in [0.4, 0.5) is 0 Å². The van der Waals surface area contributed by atoms with Crippen molar-refractivity contribution < 1.29 is 14.6 Å². The summed E-state index contributed by atoms with van der Waals surface area (Å²) in [5.74, 6) is 3.04. The van der Waals surface area contributed by atoms with Gasteiger partial charge < -0.3 is 9.84 Å². The molecule has 0 bridgehead atoms. The molecular formula is C26H28O3. The summed E-state index contributed by atoms with van der Waals surface area (Å²) in [7, 11) is 1.67. The molecule has 3 nitrogen and oxygen atoms in total. The Morgan fingerprint density at radius 3 is 2.69 bits per heavy atom. The quantitative estimate of drug-likeness (QED) is 0.689. The van der Waals surface area contributed by atoms with Crippen molar-refractivity contribution in [3.63, 3.8) is 0 Å². The Bertz CT molecular complexity index is 988. The van der Waals surface area contributed by atoms with Crippen LogP contribution < -0.4 is 4.74 Å². The number of rotatable bonds is 2. The van der Waals surface area contributed by atoms with E-state index in [1.807, 2.05) is 36.4 Å². The average Bonchev–Trinajstić information content (AvgIpc) is 2.99. The van der Waals surface area contributed by atoms with Crippen molar-refractivity contribution in [3.05, 3.63) is 64.7 Å². The van der Waals surface area contributed by atoms with Crippen LogP contribution in [0.25, 0.3) is 6.08 Å². The Kier molecular flexibility index (Phi) is 4.31. The Morgan fingerprint density at radius 1 is 1.14 bits per heavy atom. The maximum atomic E-state index is 13.4. The van der Waals surface area contributed by atoms with Crippen LogP contribution in [0.2, 0.25) is 0 Å². The Morgan fingerprint density at radius 2 is 1.93 bits per heavy atom. The number of phenolic OH excluding ortho intramolecular Hbond substituents is 1. The summed E-state index contributed by atoms with van der Waals surface area (Å²) in [6.07, 6.45) is 7.12. The van der Waals surface area contributed by atoms with Gasteiger partial charge in [0.05, 0.1) is 7.11 Å². The summed E-state index contributed by atoms with van der Waals surface area (Å²) in [5.41, 5.74) is 4.53. The average molecular weight is 389 g/mol. The van der Waals surface area contributed by atoms with Crippen molar-refractivity contribution in [2.45, 2.75) is 44.9 Å². The zero-order valence-electron chi connectivity index (χ0n) is 17.2. The SMILES string of the molecule is COc1ccc(/C=C2\C[C@H]3[C@H]4CCc5cc(O)ccc5[C@H]4CC[C@]3(C)C2=O)cc1. The lowest BCUT2D eigenvalue weighted by molar-refractivity contribution is -0.127. The minimum Gasteiger partial charge on any atom is -0.508 e. The Balaban J connectivity index is 1.46. The smallest absolute Gasteiger partial charge is 0.165 e. The molecule has 0 amide bonds. The molecule has 4 atom stereocenters. The van der Waals surface area contributed by atoms with E-state index in [1.165, 1.54) is 11.1 Å². The Labute approximate surface area is 172 Å². The maximum absolute atomic E-state index is 13.4. The van der Waals surface area contributed by atoms with Gasteiger partial charge in [-0.2, -0.15) is 0 Å². The molecule has 0 radical (unpaired) electrons. The summed E-state index contributed by atoms with van der Waals surface area (Å²) in [6, 6.07) is 13.8. The van der Waals surface area contributed by atoms with Gasteiger partial charge in [0.25, 0.3) is 0 Å². The number of hydrogen-bond acceptors (Lipinski definition) is 3. The van der Waals surface area contributed by atoms with E-state index in [2.05, 4.69) is 19.1 Å². The lowest BCUT2D eigenvalue weighted by atomic mass is 9.55. The Hall–Kier alpha value is -2.55. The summed E-state index contributed by atoms with van der Waals surface area (Å²) >= 11 is 0. The number of Topliss-reactive ketones (excluding diaryl/α,β-unsaturated/α-hetero) is 1. The predicted octanol–water partition coefficient (Wildman–Crippen LogP) is 5.52. The van der Waals surface area contributed by atoms with Crippen LogP contribution in [-0.4, -0.2) is 18.0 Å². The number of benzene rings is 2. The molecule has 1 N–H and O–H groups in total. The molecule has 150 valence electrons. The van der Waals surface area contributed by atoms with E-state index < -0.39 is 0 Å². The van der Waals surface area contributed by atoms with Crippen LogP contribution in [0.5, 0.6) is 11.5 Å². The lowest BCUT2D eigenvalue weighted by Crippen LogP contribution is -2.42. The highest BCUT2D eigenvalue weighted by Crippen LogP contribution is 2.60. The maximum Gasteiger partial charge on any atom is 0.165 e. The number of carbonyl (C=O) groups is 1. The molecule has 0 aliphatic heterocycles. The third-order valence-corrected chi connectivity index (χ3v) is 7.81. The first-order valence-corrected chi connectivity index (χ1v) is 10.7. The van der Waals surface area contributed by atoms with E-state index in [0.717, 1.165) is 49.0 Å². The topological polar surface area (TPSA) is 46.5 Å². The first-order chi connectivity index (χ1) is 14.0. The first kappa shape index (κ1) is 18.5. The van der Waals surface area contributed by atoms with E-state index >= 15 is 0 Å². The molecule has 0 saturated heterocycles. The number of fused-ring (bicyclic) bond motifs is 5. The highest BCUT2D eigenvalue weighted by molar-refractivity contribution is 6.06. The minimum absolute atomic E-state index is 0.228. The molecule has 0 unspecified atom stereocenters. The number of aryl methyl sites for hydroxylation is 1. The van der Waals surface area contributed by atoms with Crippen LogP contribution in [0, 0.1) is 17.3 Å². The third-order valence-electron chi connectivity index (χ3n) is 7.81. The normalized spacial score (nSPS) is 31.9. The second-order valence-electron chi connectivity index (χ2n) is 9.23. The molecule has 0 spiro atoms. The fourth-order valence-corrected chi connectivity index (χ4v) is 6.27. The van der Waals surface area contributed by atoms with Gasteiger partial charge >= 0.3 is 0 Å². The minimum atomic E-state index is -0.228. The largest absolute Gasteiger partial charge is 0.508 e. The van der Waals surface area contributed by atoms with Gasteiger partial charge in [0.1, 0.15) is 11.5 Å². The second kappa shape index (κ2) is 6.76. The summed E-state index contributed by atoms with van der Waals surface area (Å²) in [4.78, 5) is 13.4. The number of allylic oxidation sites excluding steroid dienone is 1. The van der Waals surface area contributed by atoms with Crippen LogP contribution >= 0.6 is 0 Å². The summed E-state index contributed by atoms with van der Waals surface area (Å²) in [6.45, 7) is 2.21. The van der Waals surface area contributed by atoms with Crippen LogP contribution in [0.15, 0.2) is 48.0 Å². The van der Waals surface area contributed by atoms with Gasteiger partial charge in [0.2, 0.25) is 0 Å². The molecule has 3 aliphatic rings. The van der Waals surface area contributed by atoms with Crippen LogP contribution in [-0.2, 0) is 11.2 Å². The molecular weight excluding hydrogens is 360 g/mol. The molecule has 2 aromatic carbocycles. The van der Waals surface area contributed by atoms with Crippen molar-refractivity contribution in [3.8, 4) is 11.5 Å². The zero-order valence-corrected chi connectivity index (χ0v) is 17.2. The number of ether oxygens (including phenoxy) is 1. The van der Waals surface area contributed by atoms with Gasteiger partial charge in [-0.25, -0.2) is 0 Å². The highest BCUT2D eigenvalue weighted by atomic mass is 16.5. The van der Waals surface area contributed by atoms with Crippen molar-refractivity contribution >= 4 is 11.9 Å². The van der Waals surface area contributed by atoms with E-state index in [9.17, 15) is 9.90 Å². The van der Waals surface area contributed by atoms with Crippen molar-refractivity contribution in [1.82, 2.24) is 0 Å². The van der Waals surface area contributed by atoms with E-state index in [4.69, 9.17) is 4.74 Å². The van der Waals surface area contributed by atoms with E-state index in [0.29, 0.717) is 29.3 Å². The number of hydrogen-bond donors (Lipinski definition) is 1. The number of ketones is 1. The lowest BCUT2D eigenvalue weighted by Gasteiger charge is -2.48. The van der Waals surface area contributed by atoms with Gasteiger partial charge in [0.15, 0.2) is 5.78 Å². The molecule has 0 heterocycles. The molecule has 2 aromatic rings. The van der Waals surface area contributed by atoms with E-state index in [1.54, 1.807) is 7.11 Å². The van der Waals surface area contributed by atoms with Crippen molar-refractivity contribution in [1.29, 1.82) is 0 Å². The molecule has 29 heavy (non-hydrogen) atoms. The molecule has 2 saturated carbocycles. The standard InChI is InChI=1S/C26H28O3/c1-26-12-11-22-21-10-6-19(27)14-17(21)5-9-23(22)24(26)15-18(25(26)28)13-16-3-7-20(29-2)8-4-16/h3-4,6-8,10,13-14,22-24,27H,5,9,11-12,15H2,1-2H3/b18-13+/t22-,23+,24+,26+/m1/s1. The number of methoxy groups -OCH3 is 1. The molecule has 2 fully saturated rings. The fourth-order valence-electron chi connectivity index (χ4n) is 6.27. The first-order valence-electron chi connectivity index (χ1n) is 10.7. The number of aromatic hydroxyl groups is 1. The van der Waals surface area contributed by atoms with Gasteiger partial charge in [-0.1, -0.05) is 25.1 Å². The molecule has 3 aliphatic carbocycles. The predicted molar refractivity (Wildman–Crippen MR) is 114 cm³/mol. The molecule has 5 rings (SSSR count). The number of phenols is 1. The van der Waals surface area contributed by atoms with Crippen LogP contribution in [0.3, 0.4) is 0 Å². The van der Waals surface area contributed by atoms with Crippen molar-refractivity contribution in [2.75, 3.05) is 7.11 Å². The monoisotopic (exact) mass is 388 g/mol. The van der Waals surface area contributed by atoms with Gasteiger partial charge in [-0.15, -0.1) is 0 Å². The van der Waals surface area contributed by atoms with E-state index in [-0.39, 0.29) is 5.41 Å². The van der Waals surface area contributed by atoms with Gasteiger partial charge in [-0.05, 0) is 102 Å². The molecule has 0 aromatic heterocycles. The zero-order chi connectivity index (χ0) is 20.2. The van der Waals surface area contributed by atoms with Gasteiger partial charge in [0, 0.05) is 5.41 Å². The number of carbonyl (C=O) groups excluding carboxylic acids is 1. The fraction of sp³-hybridized carbons (Fsp3) is 0.423.